The van der Waals surface area contributed by atoms with Gasteiger partial charge in [-0.25, -0.2) is 24.0 Å². The zero-order valence-corrected chi connectivity index (χ0v) is 21.0. The van der Waals surface area contributed by atoms with Crippen LogP contribution in [0.25, 0.3) is 5.57 Å². The molecule has 5 rings (SSSR count). The molecule has 1 amide bonds. The minimum Gasteiger partial charge on any atom is -0.443 e. The second-order valence-electron chi connectivity index (χ2n) is 9.73. The van der Waals surface area contributed by atoms with Crippen molar-refractivity contribution in [2.24, 2.45) is 5.92 Å². The molecule has 0 unspecified atom stereocenters. The van der Waals surface area contributed by atoms with E-state index in [0.29, 0.717) is 33.3 Å². The van der Waals surface area contributed by atoms with Crippen molar-refractivity contribution < 1.29 is 9.53 Å². The lowest BCUT2D eigenvalue weighted by Gasteiger charge is -2.36. The van der Waals surface area contributed by atoms with E-state index < -0.39 is 11.7 Å². The fourth-order valence-corrected chi connectivity index (χ4v) is 4.57. The van der Waals surface area contributed by atoms with Crippen LogP contribution in [0.1, 0.15) is 58.0 Å². The third kappa shape index (κ3) is 4.20. The molecule has 1 aromatic carbocycles. The van der Waals surface area contributed by atoms with Crippen molar-refractivity contribution in [1.29, 1.82) is 0 Å². The van der Waals surface area contributed by atoms with Crippen molar-refractivity contribution in [1.82, 2.24) is 24.5 Å². The van der Waals surface area contributed by atoms with E-state index in [0.717, 1.165) is 17.7 Å². The van der Waals surface area contributed by atoms with Gasteiger partial charge >= 0.3 is 6.09 Å². The van der Waals surface area contributed by atoms with Crippen molar-refractivity contribution in [3.05, 3.63) is 63.9 Å². The van der Waals surface area contributed by atoms with E-state index in [1.807, 2.05) is 44.5 Å². The summed E-state index contributed by atoms with van der Waals surface area (Å²) in [6, 6.07) is 6.93. The summed E-state index contributed by atoms with van der Waals surface area (Å²) in [7, 11) is 0. The Balaban J connectivity index is 1.71. The van der Waals surface area contributed by atoms with E-state index in [1.165, 1.54) is 12.8 Å². The van der Waals surface area contributed by atoms with Gasteiger partial charge in [0, 0.05) is 23.9 Å². The molecule has 3 aromatic rings. The predicted molar refractivity (Wildman–Crippen MR) is 131 cm³/mol. The van der Waals surface area contributed by atoms with Gasteiger partial charge in [0.05, 0.1) is 16.2 Å². The van der Waals surface area contributed by atoms with Gasteiger partial charge in [0.2, 0.25) is 0 Å². The zero-order valence-electron chi connectivity index (χ0n) is 19.5. The first-order valence-electron chi connectivity index (χ1n) is 11.2. The number of anilines is 1. The highest BCUT2D eigenvalue weighted by Crippen LogP contribution is 2.45. The maximum atomic E-state index is 13.4. The lowest BCUT2D eigenvalue weighted by atomic mass is 9.94. The van der Waals surface area contributed by atoms with Gasteiger partial charge in [0.25, 0.3) is 0 Å². The monoisotopic (exact) mass is 500 g/mol. The first-order chi connectivity index (χ1) is 16.1. The van der Waals surface area contributed by atoms with Crippen molar-refractivity contribution in [3.63, 3.8) is 0 Å². The number of carbonyl (C=O) groups is 1. The van der Waals surface area contributed by atoms with Crippen LogP contribution < -0.4 is 4.90 Å². The Kier molecular flexibility index (Phi) is 5.68. The summed E-state index contributed by atoms with van der Waals surface area (Å²) in [5, 5.41) is 10.0. The predicted octanol–water partition coefficient (Wildman–Crippen LogP) is 5.97. The average molecular weight is 501 g/mol. The Hall–Kier alpha value is -2.84. The van der Waals surface area contributed by atoms with E-state index >= 15 is 0 Å². The molecule has 1 aliphatic carbocycles. The number of rotatable bonds is 4. The van der Waals surface area contributed by atoms with E-state index in [-0.39, 0.29) is 6.04 Å². The van der Waals surface area contributed by atoms with Crippen LogP contribution in [-0.2, 0) is 11.3 Å². The van der Waals surface area contributed by atoms with Crippen molar-refractivity contribution in [3.8, 4) is 0 Å². The number of hydrogen-bond acceptors (Lipinski definition) is 5. The van der Waals surface area contributed by atoms with Gasteiger partial charge in [-0.2, -0.15) is 10.2 Å². The highest BCUT2D eigenvalue weighted by Gasteiger charge is 2.40. The molecule has 0 spiro atoms. The lowest BCUT2D eigenvalue weighted by molar-refractivity contribution is 0.0588. The van der Waals surface area contributed by atoms with Crippen LogP contribution in [0.3, 0.4) is 0 Å². The van der Waals surface area contributed by atoms with Gasteiger partial charge in [-0.15, -0.1) is 0 Å². The topological polar surface area (TPSA) is 78.1 Å². The van der Waals surface area contributed by atoms with Crippen LogP contribution in [-0.4, -0.2) is 36.2 Å². The third-order valence-electron chi connectivity index (χ3n) is 5.94. The molecule has 0 bridgehead atoms. The summed E-state index contributed by atoms with van der Waals surface area (Å²) in [5.41, 5.74) is 1.72. The smallest absolute Gasteiger partial charge is 0.420 e. The molecule has 1 fully saturated rings. The van der Waals surface area contributed by atoms with Crippen molar-refractivity contribution >= 4 is 40.7 Å². The van der Waals surface area contributed by atoms with Crippen LogP contribution >= 0.6 is 23.2 Å². The quantitative estimate of drug-likeness (QED) is 0.441. The Bertz CT molecular complexity index is 1280. The normalized spacial score (nSPS) is 18.3. The molecule has 1 saturated carbocycles. The van der Waals surface area contributed by atoms with E-state index in [9.17, 15) is 4.79 Å². The maximum absolute atomic E-state index is 13.4. The molecule has 0 N–H and O–H groups in total. The summed E-state index contributed by atoms with van der Waals surface area (Å²) < 4.78 is 9.46. The average Bonchev–Trinajstić information content (AvgIpc) is 3.24. The Labute approximate surface area is 208 Å². The van der Waals surface area contributed by atoms with Crippen LogP contribution in [0.4, 0.5) is 10.6 Å². The van der Waals surface area contributed by atoms with Crippen molar-refractivity contribution in [2.45, 2.75) is 58.7 Å². The second kappa shape index (κ2) is 8.43. The van der Waals surface area contributed by atoms with Gasteiger partial charge in [-0.3, -0.25) is 0 Å². The number of hydrogen-bond donors (Lipinski definition) is 0. The molecule has 34 heavy (non-hydrogen) atoms. The number of ether oxygens (including phenoxy) is 1. The van der Waals surface area contributed by atoms with E-state index in [1.54, 1.807) is 34.2 Å². The van der Waals surface area contributed by atoms with Gasteiger partial charge in [0.15, 0.2) is 5.82 Å². The molecular weight excluding hydrogens is 475 g/mol. The molecule has 2 aliphatic rings. The van der Waals surface area contributed by atoms with Crippen LogP contribution in [0.15, 0.2) is 42.5 Å². The summed E-state index contributed by atoms with van der Waals surface area (Å²) in [5.74, 6) is 1.88. The maximum Gasteiger partial charge on any atom is 0.420 e. The molecule has 1 aliphatic heterocycles. The van der Waals surface area contributed by atoms with Gasteiger partial charge < -0.3 is 4.74 Å². The molecule has 1 atom stereocenters. The molecular formula is C24H26Cl2N6O2. The van der Waals surface area contributed by atoms with E-state index in [4.69, 9.17) is 27.9 Å². The summed E-state index contributed by atoms with van der Waals surface area (Å²) in [4.78, 5) is 19.5. The molecule has 0 radical (unpaired) electrons. The molecule has 10 heteroatoms. The standard InChI is InChI=1S/C24H26Cl2N6O2/c1-14-20(22-27-13-29-30(22)12-15-5-6-15)21(16-7-8-17(25)18(26)11-16)32-19(9-10-28-32)31(14)23(33)34-24(2,3)4/h7-11,13,15,21H,5-6,12H2,1-4H3/t21-/m1/s1. The van der Waals surface area contributed by atoms with Gasteiger partial charge in [-0.1, -0.05) is 29.3 Å². The number of allylic oxidation sites excluding steroid dienone is 2. The number of amides is 1. The number of benzene rings is 1. The number of halogens is 2. The molecule has 178 valence electrons. The van der Waals surface area contributed by atoms with Crippen molar-refractivity contribution in [2.75, 3.05) is 4.90 Å². The summed E-state index contributed by atoms with van der Waals surface area (Å²) in [6.45, 7) is 8.21. The number of carbonyl (C=O) groups excluding carboxylic acids is 1. The Morgan fingerprint density at radius 1 is 1.15 bits per heavy atom. The zero-order chi connectivity index (χ0) is 24.2. The Morgan fingerprint density at radius 2 is 1.91 bits per heavy atom. The molecule has 3 heterocycles. The van der Waals surface area contributed by atoms with Gasteiger partial charge in [-0.05, 0) is 64.2 Å². The van der Waals surface area contributed by atoms with E-state index in [2.05, 4.69) is 15.2 Å². The number of fused-ring (bicyclic) bond motifs is 1. The largest absolute Gasteiger partial charge is 0.443 e. The fraction of sp³-hybridized carbons (Fsp3) is 0.417. The lowest BCUT2D eigenvalue weighted by Crippen LogP contribution is -2.41. The second-order valence-corrected chi connectivity index (χ2v) is 10.5. The summed E-state index contributed by atoms with van der Waals surface area (Å²) in [6.07, 6.45) is 5.11. The SMILES string of the molecule is CC1=C(c2ncnn2CC2CC2)[C@@H](c2ccc(Cl)c(Cl)c2)n2nccc2N1C(=O)OC(C)(C)C. The van der Waals surface area contributed by atoms with Crippen LogP contribution in [0.5, 0.6) is 0 Å². The Morgan fingerprint density at radius 3 is 2.59 bits per heavy atom. The highest BCUT2D eigenvalue weighted by molar-refractivity contribution is 6.42. The summed E-state index contributed by atoms with van der Waals surface area (Å²) >= 11 is 12.6. The minimum atomic E-state index is -0.658. The number of aromatic nitrogens is 5. The van der Waals surface area contributed by atoms with Crippen LogP contribution in [0, 0.1) is 5.92 Å². The minimum absolute atomic E-state index is 0.388. The third-order valence-corrected chi connectivity index (χ3v) is 6.68. The first kappa shape index (κ1) is 22.9. The highest BCUT2D eigenvalue weighted by atomic mass is 35.5. The molecule has 2 aromatic heterocycles. The van der Waals surface area contributed by atoms with Crippen LogP contribution in [0.2, 0.25) is 10.0 Å². The molecule has 8 nitrogen and oxygen atoms in total. The first-order valence-corrected chi connectivity index (χ1v) is 12.0. The molecule has 0 saturated heterocycles. The number of nitrogens with zero attached hydrogens (tertiary/aromatic N) is 6. The fourth-order valence-electron chi connectivity index (χ4n) is 4.26. The van der Waals surface area contributed by atoms with Gasteiger partial charge in [0.1, 0.15) is 23.8 Å².